The van der Waals surface area contributed by atoms with Crippen LogP contribution in [-0.2, 0) is 0 Å². The van der Waals surface area contributed by atoms with Crippen LogP contribution in [0.15, 0.2) is 85.4 Å². The molecule has 2 aliphatic rings. The predicted octanol–water partition coefficient (Wildman–Crippen LogP) is 3.42. The summed E-state index contributed by atoms with van der Waals surface area (Å²) in [5, 5.41) is 9.62. The van der Waals surface area contributed by atoms with E-state index in [1.807, 2.05) is 12.2 Å². The van der Waals surface area contributed by atoms with Gasteiger partial charge in [0, 0.05) is 0 Å². The fraction of sp³-hybridized carbons (Fsp3) is 0.125. The van der Waals surface area contributed by atoms with E-state index in [4.69, 9.17) is 0 Å². The fourth-order valence-corrected chi connectivity index (χ4v) is 2.50. The third-order valence-corrected chi connectivity index (χ3v) is 3.22. The van der Waals surface area contributed by atoms with E-state index in [1.165, 1.54) is 11.1 Å². The van der Waals surface area contributed by atoms with Crippen molar-refractivity contribution in [1.29, 1.82) is 0 Å². The van der Waals surface area contributed by atoms with Crippen LogP contribution in [0.3, 0.4) is 0 Å². The molecule has 92 valence electrons. The molecule has 1 aliphatic carbocycles. The molecular weight excluding hydrogens is 222 g/mol. The van der Waals surface area contributed by atoms with Gasteiger partial charge in [-0.2, -0.15) is 0 Å². The molecule has 1 heterocycles. The highest BCUT2D eigenvalue weighted by molar-refractivity contribution is 5.64. The first-order valence-electron chi connectivity index (χ1n) is 5.82. The Morgan fingerprint density at radius 1 is 1.00 bits per heavy atom. The minimum Gasteiger partial charge on any atom is -0.506 e. The smallest absolute Gasteiger partial charge is 0.131 e. The molecule has 2 nitrogen and oxygen atoms in total. The summed E-state index contributed by atoms with van der Waals surface area (Å²) < 4.78 is 0. The van der Waals surface area contributed by atoms with Gasteiger partial charge in [0.25, 0.3) is 0 Å². The molecule has 0 spiro atoms. The van der Waals surface area contributed by atoms with Crippen molar-refractivity contribution in [2.75, 3.05) is 0 Å². The third-order valence-electron chi connectivity index (χ3n) is 3.22. The van der Waals surface area contributed by atoms with E-state index in [0.717, 1.165) is 5.70 Å². The summed E-state index contributed by atoms with van der Waals surface area (Å²) in [7, 11) is 0. The van der Waals surface area contributed by atoms with Gasteiger partial charge in [-0.15, -0.1) is 0 Å². The van der Waals surface area contributed by atoms with Crippen LogP contribution in [0.2, 0.25) is 0 Å². The first-order valence-corrected chi connectivity index (χ1v) is 5.82. The van der Waals surface area contributed by atoms with E-state index < -0.39 is 0 Å². The molecule has 1 saturated carbocycles. The number of allylic oxidation sites excluding steroid dienone is 6. The average molecular weight is 239 g/mol. The van der Waals surface area contributed by atoms with Crippen molar-refractivity contribution in [3.63, 3.8) is 0 Å². The van der Waals surface area contributed by atoms with Gasteiger partial charge < -0.3 is 10.0 Å². The summed E-state index contributed by atoms with van der Waals surface area (Å²) in [5.74, 6) is 0.0696. The standard InChI is InChI=1S/C16H17NO/c1-5-8-12-13(9-6-2)16-15(12)17(16)14(10-7-3)11(4)18/h5-10,15-16,18H,1-4H2/b12-8+,13-9+,14-10+. The zero-order valence-electron chi connectivity index (χ0n) is 10.3. The Morgan fingerprint density at radius 3 is 1.83 bits per heavy atom. The molecule has 2 fully saturated rings. The maximum absolute atomic E-state index is 9.62. The molecular formula is C16H17NO. The van der Waals surface area contributed by atoms with Gasteiger partial charge in [-0.3, -0.25) is 0 Å². The molecule has 2 heteroatoms. The molecule has 2 rings (SSSR count). The summed E-state index contributed by atoms with van der Waals surface area (Å²) in [6.07, 6.45) is 11.0. The Kier molecular flexibility index (Phi) is 3.11. The highest BCUT2D eigenvalue weighted by atomic mass is 16.3. The molecule has 0 amide bonds. The third kappa shape index (κ3) is 1.66. The van der Waals surface area contributed by atoms with E-state index >= 15 is 0 Å². The fourth-order valence-electron chi connectivity index (χ4n) is 2.50. The van der Waals surface area contributed by atoms with Crippen LogP contribution in [0.4, 0.5) is 0 Å². The van der Waals surface area contributed by atoms with Gasteiger partial charge in [-0.1, -0.05) is 56.7 Å². The number of hydrogen-bond donors (Lipinski definition) is 1. The number of hydrogen-bond acceptors (Lipinski definition) is 2. The average Bonchev–Trinajstić information content (AvgIpc) is 2.99. The molecule has 1 saturated heterocycles. The van der Waals surface area contributed by atoms with Crippen molar-refractivity contribution < 1.29 is 5.11 Å². The lowest BCUT2D eigenvalue weighted by Gasteiger charge is -2.15. The monoisotopic (exact) mass is 239 g/mol. The van der Waals surface area contributed by atoms with Crippen molar-refractivity contribution in [2.45, 2.75) is 12.1 Å². The van der Waals surface area contributed by atoms with Gasteiger partial charge in [0.1, 0.15) is 5.76 Å². The maximum Gasteiger partial charge on any atom is 0.131 e. The van der Waals surface area contributed by atoms with Crippen molar-refractivity contribution in [3.05, 3.63) is 85.4 Å². The Bertz CT molecular complexity index is 489. The second-order valence-corrected chi connectivity index (χ2v) is 4.25. The molecule has 2 atom stereocenters. The van der Waals surface area contributed by atoms with E-state index in [2.05, 4.69) is 31.2 Å². The predicted molar refractivity (Wildman–Crippen MR) is 76.0 cm³/mol. The Morgan fingerprint density at radius 2 is 1.50 bits per heavy atom. The van der Waals surface area contributed by atoms with Crippen LogP contribution in [0.25, 0.3) is 0 Å². The Labute approximate surface area is 108 Å². The summed E-state index contributed by atoms with van der Waals surface area (Å²) in [6, 6.07) is 0.647. The second-order valence-electron chi connectivity index (χ2n) is 4.25. The number of aliphatic hydroxyl groups is 1. The van der Waals surface area contributed by atoms with E-state index in [0.29, 0.717) is 12.1 Å². The lowest BCUT2D eigenvalue weighted by molar-refractivity contribution is 0.399. The van der Waals surface area contributed by atoms with Crippen LogP contribution in [-0.4, -0.2) is 22.1 Å². The van der Waals surface area contributed by atoms with Crippen LogP contribution < -0.4 is 0 Å². The highest BCUT2D eigenvalue weighted by Crippen LogP contribution is 2.56. The zero-order valence-corrected chi connectivity index (χ0v) is 10.3. The van der Waals surface area contributed by atoms with E-state index in [1.54, 1.807) is 24.3 Å². The van der Waals surface area contributed by atoms with E-state index in [-0.39, 0.29) is 5.76 Å². The normalized spacial score (nSPS) is 29.6. The van der Waals surface area contributed by atoms with Gasteiger partial charge in [0.05, 0.1) is 17.8 Å². The molecule has 18 heavy (non-hydrogen) atoms. The van der Waals surface area contributed by atoms with Gasteiger partial charge in [0.2, 0.25) is 0 Å². The minimum absolute atomic E-state index is 0.0696. The van der Waals surface area contributed by atoms with Crippen LogP contribution in [0.1, 0.15) is 0 Å². The molecule has 1 aliphatic heterocycles. The molecule has 0 aromatic rings. The number of nitrogens with zero attached hydrogens (tertiary/aromatic N) is 1. The van der Waals surface area contributed by atoms with Crippen LogP contribution >= 0.6 is 0 Å². The molecule has 2 unspecified atom stereocenters. The molecule has 0 aromatic carbocycles. The number of rotatable bonds is 5. The lowest BCUT2D eigenvalue weighted by Crippen LogP contribution is -2.16. The Balaban J connectivity index is 2.30. The van der Waals surface area contributed by atoms with Gasteiger partial charge in [-0.05, 0) is 17.2 Å². The SMILES string of the molecule is C=C/C=C1\C(=C/C=C)C2C1N2/C(=C/C=C)C(=C)O. The Hall–Kier alpha value is -2.22. The summed E-state index contributed by atoms with van der Waals surface area (Å²) in [5.41, 5.74) is 3.18. The number of aliphatic hydroxyl groups excluding tert-OH is 1. The largest absolute Gasteiger partial charge is 0.506 e. The van der Waals surface area contributed by atoms with Crippen molar-refractivity contribution in [1.82, 2.24) is 4.90 Å². The van der Waals surface area contributed by atoms with Crippen LogP contribution in [0, 0.1) is 0 Å². The van der Waals surface area contributed by atoms with Crippen LogP contribution in [0.5, 0.6) is 0 Å². The molecule has 0 bridgehead atoms. The second kappa shape index (κ2) is 4.57. The summed E-state index contributed by atoms with van der Waals surface area (Å²) in [6.45, 7) is 14.7. The first-order chi connectivity index (χ1) is 8.67. The van der Waals surface area contributed by atoms with Gasteiger partial charge in [0.15, 0.2) is 0 Å². The first kappa shape index (κ1) is 12.2. The summed E-state index contributed by atoms with van der Waals surface area (Å²) >= 11 is 0. The number of likely N-dealkylation sites (tertiary alicyclic amines) is 1. The van der Waals surface area contributed by atoms with Crippen molar-refractivity contribution in [2.24, 2.45) is 0 Å². The van der Waals surface area contributed by atoms with Crippen molar-refractivity contribution >= 4 is 0 Å². The summed E-state index contributed by atoms with van der Waals surface area (Å²) in [4.78, 5) is 2.12. The number of fused-ring (bicyclic) bond motifs is 1. The quantitative estimate of drug-likeness (QED) is 0.451. The van der Waals surface area contributed by atoms with E-state index in [9.17, 15) is 5.11 Å². The highest BCUT2D eigenvalue weighted by Gasteiger charge is 2.62. The molecule has 0 aromatic heterocycles. The topological polar surface area (TPSA) is 23.2 Å². The maximum atomic E-state index is 9.62. The van der Waals surface area contributed by atoms with Gasteiger partial charge >= 0.3 is 0 Å². The van der Waals surface area contributed by atoms with Gasteiger partial charge in [-0.25, -0.2) is 0 Å². The lowest BCUT2D eigenvalue weighted by atomic mass is 9.85. The minimum atomic E-state index is 0.0696. The molecule has 0 radical (unpaired) electrons. The van der Waals surface area contributed by atoms with Crippen molar-refractivity contribution in [3.8, 4) is 0 Å². The zero-order chi connectivity index (χ0) is 13.3. The molecule has 1 N–H and O–H groups in total.